The first-order chi connectivity index (χ1) is 18.2. The molecule has 2 saturated heterocycles. The normalized spacial score (nSPS) is 16.8. The Kier molecular flexibility index (Phi) is 6.75. The molecular formula is C29H34N8. The third kappa shape index (κ3) is 5.30. The van der Waals surface area contributed by atoms with Crippen LogP contribution in [0, 0.1) is 0 Å². The number of hydrogen-bond acceptors (Lipinski definition) is 7. The fourth-order valence-corrected chi connectivity index (χ4v) is 5.22. The lowest BCUT2D eigenvalue weighted by Gasteiger charge is -2.35. The fraction of sp³-hybridized carbons (Fsp3) is 0.310. The number of nitrogens with two attached hydrogens (primary N) is 1. The summed E-state index contributed by atoms with van der Waals surface area (Å²) < 4.78 is 0. The zero-order valence-corrected chi connectivity index (χ0v) is 21.1. The molecule has 37 heavy (non-hydrogen) atoms. The smallest absolute Gasteiger partial charge is 0.130 e. The Morgan fingerprint density at radius 1 is 0.784 bits per heavy atom. The second kappa shape index (κ2) is 10.6. The highest BCUT2D eigenvalue weighted by atomic mass is 15.3. The first-order valence-corrected chi connectivity index (χ1v) is 13.1. The van der Waals surface area contributed by atoms with Crippen molar-refractivity contribution in [3.63, 3.8) is 0 Å². The maximum absolute atomic E-state index is 6.37. The van der Waals surface area contributed by atoms with Gasteiger partial charge in [0.1, 0.15) is 11.6 Å². The Labute approximate surface area is 218 Å². The van der Waals surface area contributed by atoms with Crippen molar-refractivity contribution in [1.82, 2.24) is 25.2 Å². The Bertz CT molecular complexity index is 1300. The van der Waals surface area contributed by atoms with Gasteiger partial charge in [-0.1, -0.05) is 30.3 Å². The molecule has 4 N–H and O–H groups in total. The topological polar surface area (TPSA) is 89.3 Å². The van der Waals surface area contributed by atoms with E-state index in [1.807, 2.05) is 24.5 Å². The van der Waals surface area contributed by atoms with E-state index in [2.05, 4.69) is 78.5 Å². The van der Waals surface area contributed by atoms with Crippen LogP contribution in [0.5, 0.6) is 0 Å². The van der Waals surface area contributed by atoms with Crippen LogP contribution >= 0.6 is 0 Å². The van der Waals surface area contributed by atoms with E-state index in [0.29, 0.717) is 0 Å². The molecule has 0 saturated carbocycles. The maximum atomic E-state index is 6.37. The van der Waals surface area contributed by atoms with E-state index in [1.165, 1.54) is 5.56 Å². The Balaban J connectivity index is 1.12. The Morgan fingerprint density at radius 3 is 2.35 bits per heavy atom. The maximum Gasteiger partial charge on any atom is 0.130 e. The van der Waals surface area contributed by atoms with E-state index in [4.69, 9.17) is 10.7 Å². The summed E-state index contributed by atoms with van der Waals surface area (Å²) in [7, 11) is 0. The number of nitrogens with one attached hydrogen (secondary N) is 2. The number of pyridine rings is 2. The molecule has 3 aromatic heterocycles. The van der Waals surface area contributed by atoms with Crippen molar-refractivity contribution in [2.45, 2.75) is 6.54 Å². The van der Waals surface area contributed by atoms with Crippen LogP contribution in [0.25, 0.3) is 22.5 Å². The summed E-state index contributed by atoms with van der Waals surface area (Å²) >= 11 is 0. The molecule has 0 unspecified atom stereocenters. The van der Waals surface area contributed by atoms with Crippen LogP contribution in [0.15, 0.2) is 73.1 Å². The number of nitrogens with zero attached hydrogens (tertiary/aromatic N) is 5. The monoisotopic (exact) mass is 494 g/mol. The lowest BCUT2D eigenvalue weighted by atomic mass is 10.1. The van der Waals surface area contributed by atoms with E-state index >= 15 is 0 Å². The lowest BCUT2D eigenvalue weighted by Crippen LogP contribution is -2.46. The molecular weight excluding hydrogens is 460 g/mol. The van der Waals surface area contributed by atoms with Crippen molar-refractivity contribution in [3.8, 4) is 22.5 Å². The molecule has 0 amide bonds. The van der Waals surface area contributed by atoms with Gasteiger partial charge in [-0.05, 0) is 35.9 Å². The fourth-order valence-electron chi connectivity index (χ4n) is 5.22. The SMILES string of the molecule is Nc1cc(-c2ccnc(-c3ccc(N4CCN(Cc5ccccc5)CC4)nc3)c2)[nH]c1N1CCNCC1. The van der Waals surface area contributed by atoms with E-state index < -0.39 is 0 Å². The van der Waals surface area contributed by atoms with Crippen molar-refractivity contribution in [2.24, 2.45) is 0 Å². The van der Waals surface area contributed by atoms with E-state index in [-0.39, 0.29) is 0 Å². The van der Waals surface area contributed by atoms with Crippen molar-refractivity contribution >= 4 is 17.3 Å². The molecule has 8 nitrogen and oxygen atoms in total. The van der Waals surface area contributed by atoms with Crippen molar-refractivity contribution in [3.05, 3.63) is 78.6 Å². The van der Waals surface area contributed by atoms with Crippen LogP contribution in [0.2, 0.25) is 0 Å². The highest BCUT2D eigenvalue weighted by Crippen LogP contribution is 2.31. The van der Waals surface area contributed by atoms with Crippen molar-refractivity contribution in [1.29, 1.82) is 0 Å². The van der Waals surface area contributed by atoms with E-state index in [1.54, 1.807) is 0 Å². The van der Waals surface area contributed by atoms with Gasteiger partial charge in [-0.3, -0.25) is 9.88 Å². The van der Waals surface area contributed by atoms with Gasteiger partial charge in [0.25, 0.3) is 0 Å². The average molecular weight is 495 g/mol. The summed E-state index contributed by atoms with van der Waals surface area (Å²) in [5, 5.41) is 3.39. The van der Waals surface area contributed by atoms with Gasteiger partial charge in [0.05, 0.1) is 11.4 Å². The number of H-pyrrole nitrogens is 1. The highest BCUT2D eigenvalue weighted by Gasteiger charge is 2.19. The van der Waals surface area contributed by atoms with Crippen molar-refractivity contribution in [2.75, 3.05) is 67.9 Å². The Morgan fingerprint density at radius 2 is 1.59 bits per heavy atom. The summed E-state index contributed by atoms with van der Waals surface area (Å²) in [6, 6.07) is 21.1. The molecule has 2 aliphatic heterocycles. The number of benzene rings is 1. The second-order valence-electron chi connectivity index (χ2n) is 9.81. The predicted octanol–water partition coefficient (Wildman–Crippen LogP) is 3.45. The van der Waals surface area contributed by atoms with Gasteiger partial charge in [-0.15, -0.1) is 0 Å². The van der Waals surface area contributed by atoms with Crippen LogP contribution in [0.4, 0.5) is 17.3 Å². The lowest BCUT2D eigenvalue weighted by molar-refractivity contribution is 0.249. The highest BCUT2D eigenvalue weighted by molar-refractivity contribution is 5.77. The molecule has 0 spiro atoms. The van der Waals surface area contributed by atoms with Crippen LogP contribution < -0.4 is 20.9 Å². The number of aromatic amines is 1. The molecule has 190 valence electrons. The van der Waals surface area contributed by atoms with Gasteiger partial charge in [0, 0.05) is 88.1 Å². The molecule has 4 aromatic rings. The minimum atomic E-state index is 0.783. The average Bonchev–Trinajstić information content (AvgIpc) is 3.36. The summed E-state index contributed by atoms with van der Waals surface area (Å²) in [4.78, 5) is 20.1. The third-order valence-electron chi connectivity index (χ3n) is 7.32. The minimum absolute atomic E-state index is 0.783. The largest absolute Gasteiger partial charge is 0.396 e. The molecule has 0 atom stereocenters. The third-order valence-corrected chi connectivity index (χ3v) is 7.32. The molecule has 6 rings (SSSR count). The summed E-state index contributed by atoms with van der Waals surface area (Å²) in [5.74, 6) is 2.03. The number of rotatable bonds is 6. The minimum Gasteiger partial charge on any atom is -0.396 e. The van der Waals surface area contributed by atoms with Gasteiger partial charge < -0.3 is 25.8 Å². The van der Waals surface area contributed by atoms with Gasteiger partial charge in [-0.2, -0.15) is 0 Å². The van der Waals surface area contributed by atoms with Crippen molar-refractivity contribution < 1.29 is 0 Å². The molecule has 0 bridgehead atoms. The summed E-state index contributed by atoms with van der Waals surface area (Å²) in [6.07, 6.45) is 3.79. The molecule has 2 aliphatic rings. The van der Waals surface area contributed by atoms with E-state index in [9.17, 15) is 0 Å². The van der Waals surface area contributed by atoms with Gasteiger partial charge in [0.2, 0.25) is 0 Å². The first kappa shape index (κ1) is 23.5. The molecule has 0 aliphatic carbocycles. The first-order valence-electron chi connectivity index (χ1n) is 13.1. The quantitative estimate of drug-likeness (QED) is 0.378. The van der Waals surface area contributed by atoms with Crippen LogP contribution in [0.3, 0.4) is 0 Å². The molecule has 5 heterocycles. The van der Waals surface area contributed by atoms with Gasteiger partial charge >= 0.3 is 0 Å². The number of aromatic nitrogens is 3. The summed E-state index contributed by atoms with van der Waals surface area (Å²) in [6.45, 7) is 8.89. The van der Waals surface area contributed by atoms with Crippen LogP contribution in [-0.4, -0.2) is 72.2 Å². The van der Waals surface area contributed by atoms with Crippen LogP contribution in [0.1, 0.15) is 5.56 Å². The number of anilines is 3. The molecule has 2 fully saturated rings. The summed E-state index contributed by atoms with van der Waals surface area (Å²) in [5.41, 5.74) is 12.5. The Hall–Kier alpha value is -3.88. The number of nitrogen functional groups attached to an aromatic ring is 1. The second-order valence-corrected chi connectivity index (χ2v) is 9.81. The number of hydrogen-bond donors (Lipinski definition) is 3. The molecule has 8 heteroatoms. The van der Waals surface area contributed by atoms with Gasteiger partial charge in [-0.25, -0.2) is 4.98 Å². The zero-order valence-electron chi connectivity index (χ0n) is 21.1. The zero-order chi connectivity index (χ0) is 25.0. The van der Waals surface area contributed by atoms with Crippen LogP contribution in [-0.2, 0) is 6.54 Å². The molecule has 0 radical (unpaired) electrons. The standard InChI is InChI=1S/C29H34N8/c30-25-19-27(34-29(25)37-12-10-31-11-13-37)23-8-9-32-26(18-23)24-6-7-28(33-20-24)36-16-14-35(15-17-36)21-22-4-2-1-3-5-22/h1-9,18-20,31,34H,10-17,21,30H2. The van der Waals surface area contributed by atoms with E-state index in [0.717, 1.165) is 98.7 Å². The predicted molar refractivity (Wildman–Crippen MR) is 151 cm³/mol. The number of piperazine rings is 2. The van der Waals surface area contributed by atoms with Gasteiger partial charge in [0.15, 0.2) is 0 Å². The molecule has 1 aromatic carbocycles.